The molecule has 3 N–H and O–H groups in total. The second-order valence-corrected chi connectivity index (χ2v) is 8.02. The van der Waals surface area contributed by atoms with Gasteiger partial charge in [-0.05, 0) is 77.0 Å². The first kappa shape index (κ1) is 12.9. The average Bonchev–Trinajstić information content (AvgIpc) is 2.25. The van der Waals surface area contributed by atoms with Crippen molar-refractivity contribution in [2.75, 3.05) is 0 Å². The van der Waals surface area contributed by atoms with Crippen LogP contribution in [0.3, 0.4) is 0 Å². The largest absolute Gasteiger partial charge is 0.386 e. The zero-order chi connectivity index (χ0) is 12.9. The molecule has 0 aromatic rings. The first-order chi connectivity index (χ1) is 8.48. The summed E-state index contributed by atoms with van der Waals surface area (Å²) in [5.41, 5.74) is 0.291. The van der Waals surface area contributed by atoms with Gasteiger partial charge < -0.3 is 10.4 Å². The van der Waals surface area contributed by atoms with Crippen molar-refractivity contribution >= 4 is 0 Å². The van der Waals surface area contributed by atoms with E-state index in [1.165, 1.54) is 38.5 Å². The molecule has 4 aliphatic rings. The molecule has 0 amide bonds. The summed E-state index contributed by atoms with van der Waals surface area (Å²) in [5, 5.41) is 13.3. The fourth-order valence-corrected chi connectivity index (χ4v) is 5.81. The van der Waals surface area contributed by atoms with Gasteiger partial charge in [-0.3, -0.25) is 0 Å². The topological polar surface area (TPSA) is 36.8 Å². The van der Waals surface area contributed by atoms with Crippen LogP contribution >= 0.6 is 0 Å². The molecule has 0 radical (unpaired) electrons. The van der Waals surface area contributed by atoms with Gasteiger partial charge in [0, 0.05) is 5.41 Å². The summed E-state index contributed by atoms with van der Waals surface area (Å²) >= 11 is 0. The third kappa shape index (κ3) is 2.12. The molecule has 0 aromatic heterocycles. The monoisotopic (exact) mass is 252 g/mol. The molecule has 2 heteroatoms. The Morgan fingerprint density at radius 1 is 0.944 bits per heavy atom. The highest BCUT2D eigenvalue weighted by atomic mass is 16.3. The van der Waals surface area contributed by atoms with Crippen molar-refractivity contribution in [2.24, 2.45) is 23.2 Å². The standard InChI is InChI=1S/C16H29NO/c1-10(2)17-11(3)15(18)16-7-12-4-13(8-16)6-14(5-12)9-16/h10-15,17-18H,4-9H2,1-3H3/p+1/t11-,12?,13?,14?,15+,16?/m0/s1. The molecule has 0 heterocycles. The SMILES string of the molecule is CC(C)[NH2+][C@@H](C)[C@@H](O)C12CC3CC(CC(C3)C1)C2. The van der Waals surface area contributed by atoms with E-state index in [1.807, 2.05) is 0 Å². The van der Waals surface area contributed by atoms with Crippen molar-refractivity contribution in [2.45, 2.75) is 77.5 Å². The number of hydrogen-bond acceptors (Lipinski definition) is 1. The minimum absolute atomic E-state index is 0.0895. The molecule has 0 aliphatic heterocycles. The lowest BCUT2D eigenvalue weighted by Crippen LogP contribution is -2.96. The Hall–Kier alpha value is -0.0800. The van der Waals surface area contributed by atoms with Gasteiger partial charge in [0.05, 0.1) is 6.04 Å². The second kappa shape index (κ2) is 4.49. The second-order valence-electron chi connectivity index (χ2n) is 8.02. The summed E-state index contributed by atoms with van der Waals surface area (Å²) in [6, 6.07) is 0.949. The van der Waals surface area contributed by atoms with Crippen LogP contribution in [-0.2, 0) is 0 Å². The zero-order valence-electron chi connectivity index (χ0n) is 12.2. The Bertz CT molecular complexity index is 277. The third-order valence-electron chi connectivity index (χ3n) is 5.90. The van der Waals surface area contributed by atoms with E-state index >= 15 is 0 Å². The van der Waals surface area contributed by atoms with Crippen LogP contribution in [0.5, 0.6) is 0 Å². The van der Waals surface area contributed by atoms with E-state index in [2.05, 4.69) is 26.1 Å². The molecule has 2 nitrogen and oxygen atoms in total. The van der Waals surface area contributed by atoms with E-state index in [4.69, 9.17) is 0 Å². The number of aliphatic hydroxyl groups is 1. The smallest absolute Gasteiger partial charge is 0.111 e. The van der Waals surface area contributed by atoms with Gasteiger partial charge in [-0.25, -0.2) is 0 Å². The molecule has 4 bridgehead atoms. The summed E-state index contributed by atoms with van der Waals surface area (Å²) in [6.45, 7) is 6.68. The van der Waals surface area contributed by atoms with Crippen LogP contribution in [0.2, 0.25) is 0 Å². The zero-order valence-corrected chi connectivity index (χ0v) is 12.2. The molecule has 0 aromatic carbocycles. The van der Waals surface area contributed by atoms with Crippen LogP contribution in [0.1, 0.15) is 59.3 Å². The Balaban J connectivity index is 1.74. The van der Waals surface area contributed by atoms with E-state index in [0.29, 0.717) is 17.5 Å². The van der Waals surface area contributed by atoms with Crippen molar-refractivity contribution in [1.29, 1.82) is 0 Å². The Labute approximate surface area is 112 Å². The number of hydrogen-bond donors (Lipinski definition) is 2. The quantitative estimate of drug-likeness (QED) is 0.788. The van der Waals surface area contributed by atoms with E-state index in [0.717, 1.165) is 17.8 Å². The van der Waals surface area contributed by atoms with Crippen molar-refractivity contribution < 1.29 is 10.4 Å². The van der Waals surface area contributed by atoms with Crippen molar-refractivity contribution in [3.63, 3.8) is 0 Å². The molecule has 104 valence electrons. The molecule has 18 heavy (non-hydrogen) atoms. The Kier molecular flexibility index (Phi) is 3.22. The predicted molar refractivity (Wildman–Crippen MR) is 73.1 cm³/mol. The molecule has 0 spiro atoms. The minimum atomic E-state index is -0.0895. The van der Waals surface area contributed by atoms with Crippen molar-refractivity contribution in [3.05, 3.63) is 0 Å². The summed E-state index contributed by atoms with van der Waals surface area (Å²) < 4.78 is 0. The summed E-state index contributed by atoms with van der Waals surface area (Å²) in [4.78, 5) is 0. The fraction of sp³-hybridized carbons (Fsp3) is 1.00. The van der Waals surface area contributed by atoms with E-state index in [9.17, 15) is 5.11 Å². The summed E-state index contributed by atoms with van der Waals surface area (Å²) in [5.74, 6) is 2.83. The maximum atomic E-state index is 10.9. The Morgan fingerprint density at radius 3 is 1.78 bits per heavy atom. The normalized spacial score (nSPS) is 45.5. The molecular formula is C16H30NO+. The molecule has 4 saturated carbocycles. The lowest BCUT2D eigenvalue weighted by atomic mass is 9.47. The maximum Gasteiger partial charge on any atom is 0.111 e. The van der Waals surface area contributed by atoms with Crippen LogP contribution in [0.15, 0.2) is 0 Å². The molecular weight excluding hydrogens is 222 g/mol. The molecule has 4 aliphatic carbocycles. The summed E-state index contributed by atoms with van der Waals surface area (Å²) in [7, 11) is 0. The fourth-order valence-electron chi connectivity index (χ4n) is 5.81. The van der Waals surface area contributed by atoms with Crippen LogP contribution < -0.4 is 5.32 Å². The van der Waals surface area contributed by atoms with E-state index in [-0.39, 0.29) is 6.10 Å². The first-order valence-corrected chi connectivity index (χ1v) is 8.01. The molecule has 0 saturated heterocycles. The van der Waals surface area contributed by atoms with Crippen molar-refractivity contribution in [1.82, 2.24) is 0 Å². The van der Waals surface area contributed by atoms with Crippen LogP contribution in [0.4, 0.5) is 0 Å². The van der Waals surface area contributed by atoms with Gasteiger partial charge in [0.1, 0.15) is 12.1 Å². The molecule has 0 unspecified atom stereocenters. The maximum absolute atomic E-state index is 10.9. The number of nitrogens with two attached hydrogens (primary N) is 1. The van der Waals surface area contributed by atoms with Gasteiger partial charge in [0.2, 0.25) is 0 Å². The number of rotatable bonds is 4. The van der Waals surface area contributed by atoms with E-state index < -0.39 is 0 Å². The highest BCUT2D eigenvalue weighted by Gasteiger charge is 2.55. The Morgan fingerprint density at radius 2 is 1.39 bits per heavy atom. The predicted octanol–water partition coefficient (Wildman–Crippen LogP) is 1.92. The summed E-state index contributed by atoms with van der Waals surface area (Å²) in [6.07, 6.45) is 8.26. The molecule has 2 atom stereocenters. The number of aliphatic hydroxyl groups excluding tert-OH is 1. The lowest BCUT2D eigenvalue weighted by molar-refractivity contribution is -0.721. The average molecular weight is 252 g/mol. The van der Waals surface area contributed by atoms with E-state index in [1.54, 1.807) is 0 Å². The van der Waals surface area contributed by atoms with Crippen LogP contribution in [-0.4, -0.2) is 23.3 Å². The molecule has 4 rings (SSSR count). The van der Waals surface area contributed by atoms with Gasteiger partial charge in [-0.15, -0.1) is 0 Å². The van der Waals surface area contributed by atoms with Crippen LogP contribution in [0.25, 0.3) is 0 Å². The third-order valence-corrected chi connectivity index (χ3v) is 5.90. The van der Waals surface area contributed by atoms with Crippen LogP contribution in [0, 0.1) is 23.2 Å². The lowest BCUT2D eigenvalue weighted by Gasteiger charge is -2.58. The highest BCUT2D eigenvalue weighted by molar-refractivity contribution is 5.05. The van der Waals surface area contributed by atoms with Gasteiger partial charge in [-0.1, -0.05) is 0 Å². The van der Waals surface area contributed by atoms with Crippen molar-refractivity contribution in [3.8, 4) is 0 Å². The van der Waals surface area contributed by atoms with Gasteiger partial charge in [0.25, 0.3) is 0 Å². The first-order valence-electron chi connectivity index (χ1n) is 8.01. The number of quaternary nitrogens is 1. The van der Waals surface area contributed by atoms with Gasteiger partial charge in [0.15, 0.2) is 0 Å². The van der Waals surface area contributed by atoms with Gasteiger partial charge >= 0.3 is 0 Å². The van der Waals surface area contributed by atoms with Gasteiger partial charge in [-0.2, -0.15) is 0 Å². The minimum Gasteiger partial charge on any atom is -0.386 e. The highest BCUT2D eigenvalue weighted by Crippen LogP contribution is 2.61. The molecule has 4 fully saturated rings.